The molecule has 2 heterocycles. The topological polar surface area (TPSA) is 45.6 Å². The minimum absolute atomic E-state index is 0.0538. The van der Waals surface area contributed by atoms with E-state index in [-0.39, 0.29) is 12.7 Å². The molecule has 0 radical (unpaired) electrons. The molecule has 1 saturated heterocycles. The number of para-hydroxylation sites is 1. The van der Waals surface area contributed by atoms with Crippen molar-refractivity contribution >= 4 is 10.9 Å². The van der Waals surface area contributed by atoms with Crippen molar-refractivity contribution in [3.63, 3.8) is 0 Å². The van der Waals surface area contributed by atoms with Crippen LogP contribution >= 0.6 is 0 Å². The SMILES string of the molecule is OCC1CN(Cc2ccnc3ccccc23)CCO1. The van der Waals surface area contributed by atoms with Gasteiger partial charge in [0, 0.05) is 31.2 Å². The van der Waals surface area contributed by atoms with Crippen molar-refractivity contribution in [2.24, 2.45) is 0 Å². The van der Waals surface area contributed by atoms with Crippen molar-refractivity contribution < 1.29 is 9.84 Å². The first-order valence-corrected chi connectivity index (χ1v) is 6.64. The largest absolute Gasteiger partial charge is 0.394 e. The zero-order chi connectivity index (χ0) is 13.1. The van der Waals surface area contributed by atoms with Crippen LogP contribution in [0.15, 0.2) is 36.5 Å². The summed E-state index contributed by atoms with van der Waals surface area (Å²) < 4.78 is 5.48. The molecular weight excluding hydrogens is 240 g/mol. The van der Waals surface area contributed by atoms with Gasteiger partial charge in [0.1, 0.15) is 0 Å². The first kappa shape index (κ1) is 12.5. The summed E-state index contributed by atoms with van der Waals surface area (Å²) >= 11 is 0. The number of hydrogen-bond donors (Lipinski definition) is 1. The molecule has 100 valence electrons. The van der Waals surface area contributed by atoms with E-state index in [0.717, 1.165) is 25.2 Å². The summed E-state index contributed by atoms with van der Waals surface area (Å²) in [6.07, 6.45) is 1.81. The number of nitrogens with zero attached hydrogens (tertiary/aromatic N) is 2. The van der Waals surface area contributed by atoms with Gasteiger partial charge in [-0.2, -0.15) is 0 Å². The molecule has 1 N–H and O–H groups in total. The second-order valence-electron chi connectivity index (χ2n) is 4.90. The molecule has 0 bridgehead atoms. The zero-order valence-corrected chi connectivity index (χ0v) is 10.8. The molecule has 0 amide bonds. The Labute approximate surface area is 112 Å². The maximum absolute atomic E-state index is 9.18. The molecule has 1 aromatic carbocycles. The van der Waals surface area contributed by atoms with E-state index in [2.05, 4.69) is 22.0 Å². The molecule has 1 aromatic heterocycles. The Balaban J connectivity index is 1.81. The van der Waals surface area contributed by atoms with Crippen LogP contribution in [0.25, 0.3) is 10.9 Å². The average molecular weight is 258 g/mol. The van der Waals surface area contributed by atoms with E-state index in [1.165, 1.54) is 10.9 Å². The van der Waals surface area contributed by atoms with Crippen LogP contribution in [0.4, 0.5) is 0 Å². The van der Waals surface area contributed by atoms with Gasteiger partial charge in [0.05, 0.1) is 24.8 Å². The van der Waals surface area contributed by atoms with E-state index < -0.39 is 0 Å². The van der Waals surface area contributed by atoms with Gasteiger partial charge in [-0.1, -0.05) is 18.2 Å². The quantitative estimate of drug-likeness (QED) is 0.904. The Kier molecular flexibility index (Phi) is 3.73. The third kappa shape index (κ3) is 2.76. The normalized spacial score (nSPS) is 20.8. The summed E-state index contributed by atoms with van der Waals surface area (Å²) in [7, 11) is 0. The van der Waals surface area contributed by atoms with Crippen LogP contribution in [0.5, 0.6) is 0 Å². The lowest BCUT2D eigenvalue weighted by Gasteiger charge is -2.32. The fourth-order valence-corrected chi connectivity index (χ4v) is 2.57. The lowest BCUT2D eigenvalue weighted by atomic mass is 10.1. The average Bonchev–Trinajstić information content (AvgIpc) is 2.48. The molecule has 1 aliphatic heterocycles. The number of pyridine rings is 1. The molecule has 0 saturated carbocycles. The summed E-state index contributed by atoms with van der Waals surface area (Å²) in [5, 5.41) is 10.4. The van der Waals surface area contributed by atoms with Gasteiger partial charge in [-0.15, -0.1) is 0 Å². The second kappa shape index (κ2) is 5.65. The fourth-order valence-electron chi connectivity index (χ4n) is 2.57. The van der Waals surface area contributed by atoms with Crippen molar-refractivity contribution in [1.29, 1.82) is 0 Å². The number of ether oxygens (including phenoxy) is 1. The number of aromatic nitrogens is 1. The summed E-state index contributed by atoms with van der Waals surface area (Å²) in [5.41, 5.74) is 2.32. The number of benzene rings is 1. The van der Waals surface area contributed by atoms with Crippen molar-refractivity contribution in [2.45, 2.75) is 12.6 Å². The van der Waals surface area contributed by atoms with Crippen molar-refractivity contribution in [3.8, 4) is 0 Å². The summed E-state index contributed by atoms with van der Waals surface area (Å²) in [5.74, 6) is 0. The van der Waals surface area contributed by atoms with E-state index in [1.807, 2.05) is 24.4 Å². The molecule has 1 aliphatic rings. The number of rotatable bonds is 3. The predicted octanol–water partition coefficient (Wildman–Crippen LogP) is 1.43. The maximum Gasteiger partial charge on any atom is 0.0933 e. The van der Waals surface area contributed by atoms with Crippen LogP contribution in [0.1, 0.15) is 5.56 Å². The van der Waals surface area contributed by atoms with Crippen LogP contribution in [-0.4, -0.2) is 47.4 Å². The predicted molar refractivity (Wildman–Crippen MR) is 73.8 cm³/mol. The van der Waals surface area contributed by atoms with E-state index >= 15 is 0 Å². The first-order chi connectivity index (χ1) is 9.36. The van der Waals surface area contributed by atoms with Gasteiger partial charge >= 0.3 is 0 Å². The molecule has 0 aliphatic carbocycles. The van der Waals surface area contributed by atoms with Crippen LogP contribution in [0, 0.1) is 0 Å². The summed E-state index contributed by atoms with van der Waals surface area (Å²) in [6.45, 7) is 3.35. The van der Waals surface area contributed by atoms with E-state index in [0.29, 0.717) is 6.61 Å². The highest BCUT2D eigenvalue weighted by molar-refractivity contribution is 5.81. The smallest absolute Gasteiger partial charge is 0.0933 e. The minimum atomic E-state index is -0.0538. The minimum Gasteiger partial charge on any atom is -0.394 e. The summed E-state index contributed by atoms with van der Waals surface area (Å²) in [4.78, 5) is 6.71. The highest BCUT2D eigenvalue weighted by Crippen LogP contribution is 2.19. The Bertz CT molecular complexity index is 553. The van der Waals surface area contributed by atoms with Crippen LogP contribution in [-0.2, 0) is 11.3 Å². The lowest BCUT2D eigenvalue weighted by molar-refractivity contribution is -0.0550. The highest BCUT2D eigenvalue weighted by Gasteiger charge is 2.20. The number of aliphatic hydroxyl groups is 1. The van der Waals surface area contributed by atoms with Crippen LogP contribution in [0.2, 0.25) is 0 Å². The molecule has 4 nitrogen and oxygen atoms in total. The third-order valence-electron chi connectivity index (χ3n) is 3.56. The molecule has 4 heteroatoms. The molecule has 3 rings (SSSR count). The Morgan fingerprint density at radius 2 is 2.21 bits per heavy atom. The highest BCUT2D eigenvalue weighted by atomic mass is 16.5. The number of hydrogen-bond acceptors (Lipinski definition) is 4. The third-order valence-corrected chi connectivity index (χ3v) is 3.56. The summed E-state index contributed by atoms with van der Waals surface area (Å²) in [6, 6.07) is 10.3. The van der Waals surface area contributed by atoms with Gasteiger partial charge in [0.2, 0.25) is 0 Å². The Hall–Kier alpha value is -1.49. The molecule has 19 heavy (non-hydrogen) atoms. The fraction of sp³-hybridized carbons (Fsp3) is 0.400. The molecule has 1 unspecified atom stereocenters. The van der Waals surface area contributed by atoms with E-state index in [1.54, 1.807) is 0 Å². The molecular formula is C15H18N2O2. The first-order valence-electron chi connectivity index (χ1n) is 6.64. The molecule has 1 atom stereocenters. The molecule has 1 fully saturated rings. The second-order valence-corrected chi connectivity index (χ2v) is 4.90. The molecule has 0 spiro atoms. The Morgan fingerprint density at radius 3 is 3.11 bits per heavy atom. The van der Waals surface area contributed by atoms with Gasteiger partial charge in [-0.3, -0.25) is 9.88 Å². The van der Waals surface area contributed by atoms with E-state index in [4.69, 9.17) is 4.74 Å². The maximum atomic E-state index is 9.18. The van der Waals surface area contributed by atoms with Crippen LogP contribution < -0.4 is 0 Å². The monoisotopic (exact) mass is 258 g/mol. The number of morpholine rings is 1. The van der Waals surface area contributed by atoms with E-state index in [9.17, 15) is 5.11 Å². The van der Waals surface area contributed by atoms with Gasteiger partial charge in [-0.25, -0.2) is 0 Å². The zero-order valence-electron chi connectivity index (χ0n) is 10.8. The van der Waals surface area contributed by atoms with Crippen molar-refractivity contribution in [2.75, 3.05) is 26.3 Å². The number of aliphatic hydroxyl groups excluding tert-OH is 1. The van der Waals surface area contributed by atoms with Gasteiger partial charge in [-0.05, 0) is 17.7 Å². The van der Waals surface area contributed by atoms with Gasteiger partial charge < -0.3 is 9.84 Å². The standard InChI is InChI=1S/C15H18N2O2/c18-11-13-10-17(7-8-19-13)9-12-5-6-16-15-4-2-1-3-14(12)15/h1-6,13,18H,7-11H2. The number of fused-ring (bicyclic) bond motifs is 1. The van der Waals surface area contributed by atoms with Crippen LogP contribution in [0.3, 0.4) is 0 Å². The Morgan fingerprint density at radius 1 is 1.32 bits per heavy atom. The molecule has 2 aromatic rings. The van der Waals surface area contributed by atoms with Gasteiger partial charge in [0.15, 0.2) is 0 Å². The van der Waals surface area contributed by atoms with Crippen molar-refractivity contribution in [3.05, 3.63) is 42.1 Å². The lowest BCUT2D eigenvalue weighted by Crippen LogP contribution is -2.43. The van der Waals surface area contributed by atoms with Gasteiger partial charge in [0.25, 0.3) is 0 Å². The van der Waals surface area contributed by atoms with Crippen molar-refractivity contribution in [1.82, 2.24) is 9.88 Å².